The molecule has 0 saturated heterocycles. The topological polar surface area (TPSA) is 56.1 Å². The van der Waals surface area contributed by atoms with Crippen LogP contribution in [0.1, 0.15) is 46.0 Å². The third-order valence-corrected chi connectivity index (χ3v) is 4.20. The lowest BCUT2D eigenvalue weighted by atomic mass is 9.77. The molecule has 0 radical (unpaired) electrons. The van der Waals surface area contributed by atoms with Crippen LogP contribution in [0.5, 0.6) is 0 Å². The summed E-state index contributed by atoms with van der Waals surface area (Å²) in [4.78, 5) is 13.8. The minimum absolute atomic E-state index is 0.0691. The molecule has 1 fully saturated rings. The highest BCUT2D eigenvalue weighted by atomic mass is 16.2. The van der Waals surface area contributed by atoms with E-state index in [1.165, 1.54) is 6.42 Å². The Bertz CT molecular complexity index is 324. The van der Waals surface area contributed by atoms with E-state index in [0.29, 0.717) is 12.5 Å². The fraction of sp³-hybridized carbons (Fsp3) is 0.867. The highest BCUT2D eigenvalue weighted by Crippen LogP contribution is 2.33. The van der Waals surface area contributed by atoms with Gasteiger partial charge in [-0.15, -0.1) is 0 Å². The number of nitrogens with zero attached hydrogens (tertiary/aromatic N) is 2. The Labute approximate surface area is 117 Å². The molecule has 4 heteroatoms. The number of hydrogen-bond donors (Lipinski definition) is 1. The van der Waals surface area contributed by atoms with E-state index in [0.717, 1.165) is 32.2 Å². The molecule has 1 rings (SSSR count). The van der Waals surface area contributed by atoms with Crippen molar-refractivity contribution in [2.24, 2.45) is 11.8 Å². The molecule has 0 aromatic carbocycles. The largest absolute Gasteiger partial charge is 0.355 e. The quantitative estimate of drug-likeness (QED) is 0.800. The number of nitriles is 1. The van der Waals surface area contributed by atoms with Crippen molar-refractivity contribution in [1.29, 1.82) is 5.26 Å². The number of nitrogens with one attached hydrogen (secondary N) is 1. The lowest BCUT2D eigenvalue weighted by molar-refractivity contribution is -0.122. The summed E-state index contributed by atoms with van der Waals surface area (Å²) < 4.78 is 0. The van der Waals surface area contributed by atoms with Crippen LogP contribution >= 0.6 is 0 Å². The van der Waals surface area contributed by atoms with E-state index in [-0.39, 0.29) is 17.9 Å². The van der Waals surface area contributed by atoms with Crippen molar-refractivity contribution in [2.45, 2.75) is 52.0 Å². The monoisotopic (exact) mass is 265 g/mol. The van der Waals surface area contributed by atoms with Gasteiger partial charge in [0.25, 0.3) is 0 Å². The maximum Gasteiger partial charge on any atom is 0.234 e. The minimum Gasteiger partial charge on any atom is -0.355 e. The lowest BCUT2D eigenvalue weighted by Gasteiger charge is -2.37. The second kappa shape index (κ2) is 8.16. The first-order valence-corrected chi connectivity index (χ1v) is 7.48. The number of amides is 1. The molecule has 3 atom stereocenters. The van der Waals surface area contributed by atoms with Crippen LogP contribution in [0, 0.1) is 23.2 Å². The molecule has 0 aromatic heterocycles. The summed E-state index contributed by atoms with van der Waals surface area (Å²) in [6.45, 7) is 5.39. The van der Waals surface area contributed by atoms with Gasteiger partial charge < -0.3 is 5.32 Å². The fourth-order valence-electron chi connectivity index (χ4n) is 2.90. The normalized spacial score (nSPS) is 27.0. The molecule has 1 aliphatic carbocycles. The van der Waals surface area contributed by atoms with Crippen LogP contribution in [0.25, 0.3) is 0 Å². The molecule has 1 saturated carbocycles. The third kappa shape index (κ3) is 4.83. The Hall–Kier alpha value is -1.08. The summed E-state index contributed by atoms with van der Waals surface area (Å²) in [5, 5.41) is 12.2. The van der Waals surface area contributed by atoms with Crippen molar-refractivity contribution in [2.75, 3.05) is 20.1 Å². The fourth-order valence-corrected chi connectivity index (χ4v) is 2.90. The molecule has 108 valence electrons. The second-order valence-corrected chi connectivity index (χ2v) is 5.66. The smallest absolute Gasteiger partial charge is 0.234 e. The molecule has 19 heavy (non-hydrogen) atoms. The molecule has 0 bridgehead atoms. The van der Waals surface area contributed by atoms with Crippen molar-refractivity contribution >= 4 is 5.91 Å². The van der Waals surface area contributed by atoms with Crippen LogP contribution in [0.3, 0.4) is 0 Å². The zero-order chi connectivity index (χ0) is 14.3. The van der Waals surface area contributed by atoms with Gasteiger partial charge >= 0.3 is 0 Å². The summed E-state index contributed by atoms with van der Waals surface area (Å²) in [6, 6.07) is 2.66. The van der Waals surface area contributed by atoms with Gasteiger partial charge in [0.15, 0.2) is 0 Å². The molecular weight excluding hydrogens is 238 g/mol. The first-order chi connectivity index (χ1) is 9.12. The van der Waals surface area contributed by atoms with E-state index in [4.69, 9.17) is 0 Å². The average Bonchev–Trinajstić information content (AvgIpc) is 2.44. The average molecular weight is 265 g/mol. The van der Waals surface area contributed by atoms with E-state index in [9.17, 15) is 10.1 Å². The number of rotatable bonds is 6. The van der Waals surface area contributed by atoms with Crippen molar-refractivity contribution in [3.8, 4) is 6.07 Å². The van der Waals surface area contributed by atoms with Crippen molar-refractivity contribution in [3.05, 3.63) is 0 Å². The van der Waals surface area contributed by atoms with E-state index < -0.39 is 0 Å². The summed E-state index contributed by atoms with van der Waals surface area (Å²) in [6.07, 6.45) is 5.30. The van der Waals surface area contributed by atoms with E-state index in [1.807, 2.05) is 14.0 Å². The van der Waals surface area contributed by atoms with Gasteiger partial charge in [0.1, 0.15) is 0 Å². The van der Waals surface area contributed by atoms with E-state index >= 15 is 0 Å². The molecule has 0 aliphatic heterocycles. The van der Waals surface area contributed by atoms with Crippen molar-refractivity contribution < 1.29 is 4.79 Å². The molecule has 0 aromatic rings. The van der Waals surface area contributed by atoms with Gasteiger partial charge in [-0.2, -0.15) is 5.26 Å². The second-order valence-electron chi connectivity index (χ2n) is 5.66. The van der Waals surface area contributed by atoms with Crippen LogP contribution in [0.4, 0.5) is 0 Å². The van der Waals surface area contributed by atoms with Crippen molar-refractivity contribution in [3.63, 3.8) is 0 Å². The summed E-state index contributed by atoms with van der Waals surface area (Å²) in [5.41, 5.74) is 0. The molecule has 1 N–H and O–H groups in total. The first-order valence-electron chi connectivity index (χ1n) is 7.48. The Morgan fingerprint density at radius 2 is 2.16 bits per heavy atom. The Morgan fingerprint density at radius 1 is 1.42 bits per heavy atom. The van der Waals surface area contributed by atoms with Gasteiger partial charge in [0.2, 0.25) is 5.91 Å². The Morgan fingerprint density at radius 3 is 2.74 bits per heavy atom. The first kappa shape index (κ1) is 16.0. The van der Waals surface area contributed by atoms with E-state index in [1.54, 1.807) is 0 Å². The molecule has 4 nitrogen and oxygen atoms in total. The lowest BCUT2D eigenvalue weighted by Crippen LogP contribution is -2.46. The maximum atomic E-state index is 11.8. The molecule has 1 amide bonds. The highest BCUT2D eigenvalue weighted by molar-refractivity contribution is 5.77. The third-order valence-electron chi connectivity index (χ3n) is 4.20. The van der Waals surface area contributed by atoms with Crippen LogP contribution < -0.4 is 5.32 Å². The predicted octanol–water partition coefficient (Wildman–Crippen LogP) is 2.16. The zero-order valence-corrected chi connectivity index (χ0v) is 12.5. The van der Waals surface area contributed by atoms with Gasteiger partial charge in [0, 0.05) is 12.6 Å². The van der Waals surface area contributed by atoms with Crippen LogP contribution in [-0.4, -0.2) is 37.0 Å². The number of carbonyl (C=O) groups excluding carboxylic acids is 1. The molecular formula is C15H27N3O. The number of likely N-dealkylation sites (N-methyl/N-ethyl adjacent to an activating group) is 1. The Balaban J connectivity index is 2.53. The highest BCUT2D eigenvalue weighted by Gasteiger charge is 2.32. The summed E-state index contributed by atoms with van der Waals surface area (Å²) in [7, 11) is 1.97. The molecule has 1 aliphatic rings. The SMILES string of the molecule is CCCNC(=O)CN(C)C1CC(CC)CCC1C#N. The number of carbonyl (C=O) groups is 1. The molecule has 0 heterocycles. The summed E-state index contributed by atoms with van der Waals surface area (Å²) >= 11 is 0. The van der Waals surface area contributed by atoms with Gasteiger partial charge in [-0.25, -0.2) is 0 Å². The maximum absolute atomic E-state index is 11.8. The van der Waals surface area contributed by atoms with Crippen LogP contribution in [0.15, 0.2) is 0 Å². The standard InChI is InChI=1S/C15H27N3O/c1-4-8-17-15(19)11-18(3)14-9-12(5-2)6-7-13(14)10-16/h12-14H,4-9,11H2,1-3H3,(H,17,19). The molecule has 0 spiro atoms. The minimum atomic E-state index is 0.0691. The van der Waals surface area contributed by atoms with Crippen LogP contribution in [0.2, 0.25) is 0 Å². The van der Waals surface area contributed by atoms with Crippen molar-refractivity contribution in [1.82, 2.24) is 10.2 Å². The van der Waals surface area contributed by atoms with Crippen LogP contribution in [-0.2, 0) is 4.79 Å². The number of hydrogen-bond acceptors (Lipinski definition) is 3. The van der Waals surface area contributed by atoms with Gasteiger partial charge in [-0.05, 0) is 38.6 Å². The van der Waals surface area contributed by atoms with Gasteiger partial charge in [-0.3, -0.25) is 9.69 Å². The molecule has 3 unspecified atom stereocenters. The Kier molecular flexibility index (Phi) is 6.86. The predicted molar refractivity (Wildman–Crippen MR) is 76.5 cm³/mol. The summed E-state index contributed by atoms with van der Waals surface area (Å²) in [5.74, 6) is 0.849. The van der Waals surface area contributed by atoms with E-state index in [2.05, 4.69) is 23.2 Å². The van der Waals surface area contributed by atoms with Gasteiger partial charge in [0.05, 0.1) is 18.5 Å². The zero-order valence-electron chi connectivity index (χ0n) is 12.5. The van der Waals surface area contributed by atoms with Gasteiger partial charge in [-0.1, -0.05) is 20.3 Å².